The summed E-state index contributed by atoms with van der Waals surface area (Å²) < 4.78 is 5.40. The summed E-state index contributed by atoms with van der Waals surface area (Å²) >= 11 is 0. The minimum Gasteiger partial charge on any atom is -0.459 e. The molecular weight excluding hydrogens is 464 g/mol. The summed E-state index contributed by atoms with van der Waals surface area (Å²) in [6.07, 6.45) is 1.68. The number of benzene rings is 1. The summed E-state index contributed by atoms with van der Waals surface area (Å²) in [6.45, 7) is 9.97. The van der Waals surface area contributed by atoms with Crippen molar-refractivity contribution in [2.45, 2.75) is 58.1 Å². The number of amides is 4. The first-order valence-corrected chi connectivity index (χ1v) is 12.5. The zero-order valence-corrected chi connectivity index (χ0v) is 21.2. The number of piperazine rings is 1. The lowest BCUT2D eigenvalue weighted by molar-refractivity contribution is -0.156. The highest BCUT2D eigenvalue weighted by Crippen LogP contribution is 2.30. The van der Waals surface area contributed by atoms with Crippen molar-refractivity contribution in [3.05, 3.63) is 34.9 Å². The number of hydrogen-bond acceptors (Lipinski definition) is 8. The Bertz CT molecular complexity index is 1070. The predicted molar refractivity (Wildman–Crippen MR) is 130 cm³/mol. The molecule has 36 heavy (non-hydrogen) atoms. The van der Waals surface area contributed by atoms with E-state index in [0.717, 1.165) is 49.6 Å². The Balaban J connectivity index is 1.30. The highest BCUT2D eigenvalue weighted by molar-refractivity contribution is 6.24. The van der Waals surface area contributed by atoms with Gasteiger partial charge in [0.2, 0.25) is 11.8 Å². The first-order valence-electron chi connectivity index (χ1n) is 12.5. The van der Waals surface area contributed by atoms with E-state index >= 15 is 0 Å². The highest BCUT2D eigenvalue weighted by Gasteiger charge is 2.45. The van der Waals surface area contributed by atoms with Gasteiger partial charge in [0.1, 0.15) is 11.6 Å². The number of fused-ring (bicyclic) bond motifs is 1. The minimum absolute atomic E-state index is 0.0989. The number of carbonyl (C=O) groups excluding carboxylic acids is 5. The van der Waals surface area contributed by atoms with E-state index in [0.29, 0.717) is 24.1 Å². The fourth-order valence-electron chi connectivity index (χ4n) is 5.01. The molecule has 2 fully saturated rings. The largest absolute Gasteiger partial charge is 0.459 e. The van der Waals surface area contributed by atoms with E-state index in [1.54, 1.807) is 12.1 Å². The lowest BCUT2D eigenvalue weighted by Crippen LogP contribution is -2.54. The lowest BCUT2D eigenvalue weighted by Gasteiger charge is -2.34. The Hall–Kier alpha value is -3.11. The van der Waals surface area contributed by atoms with Crippen LogP contribution < -0.4 is 5.32 Å². The van der Waals surface area contributed by atoms with Crippen molar-refractivity contribution in [3.8, 4) is 0 Å². The van der Waals surface area contributed by atoms with Crippen LogP contribution in [0.2, 0.25) is 0 Å². The number of ether oxygens (including phenoxy) is 1. The van der Waals surface area contributed by atoms with Crippen LogP contribution in [0.5, 0.6) is 0 Å². The second-order valence-electron chi connectivity index (χ2n) is 10.6. The van der Waals surface area contributed by atoms with Gasteiger partial charge in [-0.1, -0.05) is 12.1 Å². The molecule has 0 spiro atoms. The number of esters is 1. The molecule has 1 aromatic carbocycles. The summed E-state index contributed by atoms with van der Waals surface area (Å²) in [4.78, 5) is 67.5. The zero-order valence-electron chi connectivity index (χ0n) is 21.2. The molecule has 0 aromatic heterocycles. The molecule has 0 aliphatic carbocycles. The van der Waals surface area contributed by atoms with Gasteiger partial charge in [0, 0.05) is 32.6 Å². The van der Waals surface area contributed by atoms with E-state index in [2.05, 4.69) is 15.1 Å². The first-order chi connectivity index (χ1) is 17.0. The lowest BCUT2D eigenvalue weighted by atomic mass is 9.99. The number of nitrogens with one attached hydrogen (secondary N) is 1. The van der Waals surface area contributed by atoms with Gasteiger partial charge in [0.05, 0.1) is 17.7 Å². The molecule has 3 aliphatic rings. The van der Waals surface area contributed by atoms with Gasteiger partial charge in [0.15, 0.2) is 0 Å². The van der Waals surface area contributed by atoms with Crippen LogP contribution in [0.3, 0.4) is 0 Å². The molecule has 1 aromatic rings. The van der Waals surface area contributed by atoms with Crippen molar-refractivity contribution < 1.29 is 28.7 Å². The van der Waals surface area contributed by atoms with Gasteiger partial charge in [0.25, 0.3) is 11.8 Å². The molecule has 1 N–H and O–H groups in total. The number of carbonyl (C=O) groups is 5. The Morgan fingerprint density at radius 3 is 2.39 bits per heavy atom. The molecule has 10 nitrogen and oxygen atoms in total. The van der Waals surface area contributed by atoms with E-state index in [1.807, 2.05) is 26.8 Å². The summed E-state index contributed by atoms with van der Waals surface area (Å²) in [6, 6.07) is 4.29. The van der Waals surface area contributed by atoms with Crippen molar-refractivity contribution in [1.29, 1.82) is 0 Å². The van der Waals surface area contributed by atoms with Gasteiger partial charge < -0.3 is 9.64 Å². The van der Waals surface area contributed by atoms with Gasteiger partial charge in [-0.15, -0.1) is 0 Å². The van der Waals surface area contributed by atoms with Gasteiger partial charge >= 0.3 is 5.97 Å². The van der Waals surface area contributed by atoms with Gasteiger partial charge in [-0.3, -0.25) is 39.1 Å². The number of imide groups is 2. The van der Waals surface area contributed by atoms with E-state index in [-0.39, 0.29) is 24.7 Å². The average molecular weight is 499 g/mol. The van der Waals surface area contributed by atoms with Crippen LogP contribution in [-0.2, 0) is 25.5 Å². The van der Waals surface area contributed by atoms with Gasteiger partial charge in [-0.25, -0.2) is 0 Å². The summed E-state index contributed by atoms with van der Waals surface area (Å²) in [5, 5.41) is 2.22. The number of nitrogens with zero attached hydrogens (tertiary/aromatic N) is 3. The smallest absolute Gasteiger partial charge is 0.320 e. The van der Waals surface area contributed by atoms with Crippen LogP contribution in [0.25, 0.3) is 0 Å². The Labute approximate surface area is 210 Å². The van der Waals surface area contributed by atoms with E-state index < -0.39 is 29.4 Å². The number of piperidine rings is 1. The first kappa shape index (κ1) is 26.0. The Kier molecular flexibility index (Phi) is 7.56. The van der Waals surface area contributed by atoms with Crippen LogP contribution in [0.15, 0.2) is 18.2 Å². The third-order valence-corrected chi connectivity index (χ3v) is 6.71. The summed E-state index contributed by atoms with van der Waals surface area (Å²) in [5.74, 6) is -2.14. The van der Waals surface area contributed by atoms with Crippen LogP contribution in [-0.4, -0.2) is 95.2 Å². The molecule has 3 heterocycles. The fourth-order valence-corrected chi connectivity index (χ4v) is 5.01. The maximum absolute atomic E-state index is 13.2. The van der Waals surface area contributed by atoms with Crippen LogP contribution >= 0.6 is 0 Å². The van der Waals surface area contributed by atoms with Crippen molar-refractivity contribution >= 4 is 29.6 Å². The summed E-state index contributed by atoms with van der Waals surface area (Å²) in [7, 11) is 0. The fraction of sp³-hybridized carbons (Fsp3) is 0.577. The minimum atomic E-state index is -0.958. The molecule has 0 saturated carbocycles. The third-order valence-electron chi connectivity index (χ3n) is 6.71. The second-order valence-corrected chi connectivity index (χ2v) is 10.6. The van der Waals surface area contributed by atoms with Crippen LogP contribution in [0.4, 0.5) is 0 Å². The summed E-state index contributed by atoms with van der Waals surface area (Å²) in [5.41, 5.74) is 0.998. The van der Waals surface area contributed by atoms with Crippen molar-refractivity contribution in [2.75, 3.05) is 39.3 Å². The molecular formula is C26H34N4O6. The topological polar surface area (TPSA) is 116 Å². The number of rotatable bonds is 7. The number of hydrogen-bond donors (Lipinski definition) is 1. The molecule has 194 valence electrons. The zero-order chi connectivity index (χ0) is 26.0. The quantitative estimate of drug-likeness (QED) is 0.437. The predicted octanol–water partition coefficient (Wildman–Crippen LogP) is 0.980. The van der Waals surface area contributed by atoms with Crippen LogP contribution in [0.1, 0.15) is 66.3 Å². The van der Waals surface area contributed by atoms with Crippen LogP contribution in [0, 0.1) is 0 Å². The Morgan fingerprint density at radius 2 is 1.72 bits per heavy atom. The SMILES string of the molecule is CC(C)(C)OC(=O)CN1CCN(CCCc2cccc3c2C(=O)N(C2CCC(=O)NC2=O)C3=O)CC1. The normalized spacial score (nSPS) is 21.5. The van der Waals surface area contributed by atoms with E-state index in [9.17, 15) is 24.0 Å². The average Bonchev–Trinajstić information content (AvgIpc) is 3.05. The monoisotopic (exact) mass is 498 g/mol. The molecule has 3 aliphatic heterocycles. The molecule has 1 atom stereocenters. The second kappa shape index (κ2) is 10.5. The Morgan fingerprint density at radius 1 is 1.03 bits per heavy atom. The highest BCUT2D eigenvalue weighted by atomic mass is 16.6. The third kappa shape index (κ3) is 5.82. The van der Waals surface area contributed by atoms with Gasteiger partial charge in [-0.2, -0.15) is 0 Å². The molecule has 0 bridgehead atoms. The van der Waals surface area contributed by atoms with Crippen molar-refractivity contribution in [3.63, 3.8) is 0 Å². The standard InChI is InChI=1S/C26H34N4O6/c1-26(2,3)36-21(32)16-29-14-12-28(13-15-29)11-5-7-17-6-4-8-18-22(17)25(35)30(24(18)34)19-9-10-20(31)27-23(19)33/h4,6,8,19H,5,7,9-16H2,1-3H3,(H,27,31,33). The van der Waals surface area contributed by atoms with E-state index in [1.165, 1.54) is 0 Å². The molecule has 4 amide bonds. The van der Waals surface area contributed by atoms with Gasteiger partial charge in [-0.05, 0) is 58.2 Å². The van der Waals surface area contributed by atoms with E-state index in [4.69, 9.17) is 4.74 Å². The number of aryl methyl sites for hydroxylation is 1. The van der Waals surface area contributed by atoms with Crippen molar-refractivity contribution in [2.24, 2.45) is 0 Å². The maximum atomic E-state index is 13.2. The molecule has 0 radical (unpaired) electrons. The molecule has 10 heteroatoms. The molecule has 4 rings (SSSR count). The molecule has 1 unspecified atom stereocenters. The maximum Gasteiger partial charge on any atom is 0.320 e. The molecule has 2 saturated heterocycles. The van der Waals surface area contributed by atoms with Crippen molar-refractivity contribution in [1.82, 2.24) is 20.0 Å².